The van der Waals surface area contributed by atoms with Crippen molar-refractivity contribution in [1.29, 1.82) is 0 Å². The number of carbonyl (C=O) groups excluding carboxylic acids is 1. The van der Waals surface area contributed by atoms with Gasteiger partial charge in [0.2, 0.25) is 0 Å². The van der Waals surface area contributed by atoms with Crippen molar-refractivity contribution in [2.45, 2.75) is 13.0 Å². The van der Waals surface area contributed by atoms with Crippen LogP contribution >= 0.6 is 11.3 Å². The maximum absolute atomic E-state index is 12.5. The Labute approximate surface area is 170 Å². The van der Waals surface area contributed by atoms with E-state index in [9.17, 15) is 9.59 Å². The van der Waals surface area contributed by atoms with Gasteiger partial charge in [-0.25, -0.2) is 14.8 Å². The summed E-state index contributed by atoms with van der Waals surface area (Å²) in [5.41, 5.74) is 1.35. The van der Waals surface area contributed by atoms with Crippen LogP contribution < -0.4 is 10.3 Å². The molecule has 0 fully saturated rings. The molecule has 2 aromatic heterocycles. The minimum Gasteiger partial charge on any atom is -0.497 e. The molecule has 2 aromatic carbocycles. The van der Waals surface area contributed by atoms with E-state index in [2.05, 4.69) is 15.0 Å². The molecule has 0 bridgehead atoms. The molecular weight excluding hydrogens is 390 g/mol. The van der Waals surface area contributed by atoms with Crippen molar-refractivity contribution >= 4 is 28.2 Å². The number of aromatic nitrogens is 3. The van der Waals surface area contributed by atoms with E-state index in [0.29, 0.717) is 15.9 Å². The number of methoxy groups -OCH3 is 1. The van der Waals surface area contributed by atoms with Crippen LogP contribution in [-0.2, 0) is 4.74 Å². The lowest BCUT2D eigenvalue weighted by Gasteiger charge is -2.12. The Morgan fingerprint density at radius 1 is 1.10 bits per heavy atom. The molecule has 0 aliphatic heterocycles. The van der Waals surface area contributed by atoms with Crippen molar-refractivity contribution in [3.05, 3.63) is 75.8 Å². The maximum Gasteiger partial charge on any atom is 0.358 e. The molecule has 0 amide bonds. The summed E-state index contributed by atoms with van der Waals surface area (Å²) in [6, 6.07) is 14.4. The Bertz CT molecular complexity index is 1230. The van der Waals surface area contributed by atoms with Crippen molar-refractivity contribution in [2.24, 2.45) is 0 Å². The molecule has 0 radical (unpaired) electrons. The number of hydrogen-bond acceptors (Lipinski definition) is 7. The van der Waals surface area contributed by atoms with Crippen LogP contribution in [0.4, 0.5) is 0 Å². The van der Waals surface area contributed by atoms with E-state index in [1.165, 1.54) is 11.3 Å². The highest BCUT2D eigenvalue weighted by Crippen LogP contribution is 2.26. The fourth-order valence-electron chi connectivity index (χ4n) is 2.81. The Kier molecular flexibility index (Phi) is 5.09. The predicted molar refractivity (Wildman–Crippen MR) is 110 cm³/mol. The van der Waals surface area contributed by atoms with Gasteiger partial charge in [0.1, 0.15) is 10.8 Å². The number of hydrogen-bond donors (Lipinski definition) is 1. The third-order valence-electron chi connectivity index (χ3n) is 4.35. The first kappa shape index (κ1) is 18.8. The maximum atomic E-state index is 12.5. The first-order valence-corrected chi connectivity index (χ1v) is 9.73. The Morgan fingerprint density at radius 3 is 2.62 bits per heavy atom. The molecule has 146 valence electrons. The van der Waals surface area contributed by atoms with E-state index < -0.39 is 12.1 Å². The minimum absolute atomic E-state index is 0.204. The predicted octanol–water partition coefficient (Wildman–Crippen LogP) is 3.97. The summed E-state index contributed by atoms with van der Waals surface area (Å²) in [4.78, 5) is 36.1. The highest BCUT2D eigenvalue weighted by atomic mass is 32.1. The average molecular weight is 407 g/mol. The second-order valence-electron chi connectivity index (χ2n) is 6.28. The van der Waals surface area contributed by atoms with Crippen molar-refractivity contribution < 1.29 is 14.3 Å². The molecule has 0 unspecified atom stereocenters. The lowest BCUT2D eigenvalue weighted by atomic mass is 10.2. The fourth-order valence-corrected chi connectivity index (χ4v) is 3.60. The molecule has 4 aromatic rings. The zero-order chi connectivity index (χ0) is 20.4. The summed E-state index contributed by atoms with van der Waals surface area (Å²) in [5, 5.41) is 2.83. The van der Waals surface area contributed by atoms with E-state index >= 15 is 0 Å². The number of ether oxygens (including phenoxy) is 2. The number of H-pyrrole nitrogens is 1. The van der Waals surface area contributed by atoms with Gasteiger partial charge in [-0.05, 0) is 43.3 Å². The van der Waals surface area contributed by atoms with Gasteiger partial charge in [0, 0.05) is 10.9 Å². The second-order valence-corrected chi connectivity index (χ2v) is 7.14. The SMILES string of the molecule is COc1ccc(-c2nc(C(=O)O[C@@H](C)c3nc4ccccc4c(=O)[nH]3)cs2)cc1. The van der Waals surface area contributed by atoms with Crippen LogP contribution in [0, 0.1) is 0 Å². The van der Waals surface area contributed by atoms with Crippen molar-refractivity contribution in [3.8, 4) is 16.3 Å². The minimum atomic E-state index is -0.731. The number of aromatic amines is 1. The number of benzene rings is 2. The van der Waals surface area contributed by atoms with Crippen LogP contribution in [0.3, 0.4) is 0 Å². The van der Waals surface area contributed by atoms with Gasteiger partial charge in [0.15, 0.2) is 17.6 Å². The Hall–Kier alpha value is -3.52. The average Bonchev–Trinajstić information content (AvgIpc) is 3.24. The molecule has 2 heterocycles. The first-order chi connectivity index (χ1) is 14.0. The molecule has 1 atom stereocenters. The number of esters is 1. The summed E-state index contributed by atoms with van der Waals surface area (Å²) in [5.74, 6) is 0.451. The number of fused-ring (bicyclic) bond motifs is 1. The zero-order valence-electron chi connectivity index (χ0n) is 15.7. The number of nitrogens with one attached hydrogen (secondary N) is 1. The Morgan fingerprint density at radius 2 is 1.86 bits per heavy atom. The molecule has 8 heteroatoms. The van der Waals surface area contributed by atoms with Gasteiger partial charge in [-0.1, -0.05) is 12.1 Å². The molecule has 0 saturated heterocycles. The van der Waals surface area contributed by atoms with E-state index in [1.807, 2.05) is 24.3 Å². The molecular formula is C21H17N3O4S. The highest BCUT2D eigenvalue weighted by Gasteiger charge is 2.19. The van der Waals surface area contributed by atoms with Gasteiger partial charge in [0.05, 0.1) is 18.0 Å². The number of rotatable bonds is 5. The lowest BCUT2D eigenvalue weighted by Crippen LogP contribution is -2.17. The first-order valence-electron chi connectivity index (χ1n) is 8.85. The van der Waals surface area contributed by atoms with Crippen LogP contribution in [-0.4, -0.2) is 28.0 Å². The van der Waals surface area contributed by atoms with E-state index in [-0.39, 0.29) is 17.1 Å². The van der Waals surface area contributed by atoms with E-state index in [1.54, 1.807) is 43.7 Å². The van der Waals surface area contributed by atoms with Crippen LogP contribution in [0.1, 0.15) is 29.3 Å². The van der Waals surface area contributed by atoms with Crippen molar-refractivity contribution in [2.75, 3.05) is 7.11 Å². The summed E-state index contributed by atoms with van der Waals surface area (Å²) < 4.78 is 10.6. The van der Waals surface area contributed by atoms with E-state index in [0.717, 1.165) is 11.3 Å². The van der Waals surface area contributed by atoms with Gasteiger partial charge in [0.25, 0.3) is 5.56 Å². The number of para-hydroxylation sites is 1. The van der Waals surface area contributed by atoms with Crippen molar-refractivity contribution in [3.63, 3.8) is 0 Å². The van der Waals surface area contributed by atoms with Crippen LogP contribution in [0.5, 0.6) is 5.75 Å². The normalized spacial score (nSPS) is 11.9. The second kappa shape index (κ2) is 7.84. The molecule has 0 saturated carbocycles. The molecule has 0 aliphatic rings. The highest BCUT2D eigenvalue weighted by molar-refractivity contribution is 7.13. The molecule has 29 heavy (non-hydrogen) atoms. The van der Waals surface area contributed by atoms with Gasteiger partial charge in [-0.15, -0.1) is 11.3 Å². The smallest absolute Gasteiger partial charge is 0.358 e. The summed E-state index contributed by atoms with van der Waals surface area (Å²) in [6.07, 6.45) is -0.731. The topological polar surface area (TPSA) is 94.2 Å². The van der Waals surface area contributed by atoms with Gasteiger partial charge < -0.3 is 14.5 Å². The molecule has 1 N–H and O–H groups in total. The van der Waals surface area contributed by atoms with Crippen LogP contribution in [0.15, 0.2) is 58.7 Å². The zero-order valence-corrected chi connectivity index (χ0v) is 16.5. The lowest BCUT2D eigenvalue weighted by molar-refractivity contribution is 0.0314. The summed E-state index contributed by atoms with van der Waals surface area (Å²) in [7, 11) is 1.60. The fraction of sp³-hybridized carbons (Fsp3) is 0.143. The molecule has 0 aliphatic carbocycles. The van der Waals surface area contributed by atoms with Gasteiger partial charge in [-0.2, -0.15) is 0 Å². The molecule has 4 rings (SSSR count). The molecule has 0 spiro atoms. The number of carbonyl (C=O) groups is 1. The standard InChI is InChI=1S/C21H17N3O4S/c1-12(18-22-16-6-4-3-5-15(16)19(25)24-18)28-21(26)17-11-29-20(23-17)13-7-9-14(27-2)10-8-13/h3-12H,1-2H3,(H,22,24,25)/t12-/m0/s1. The number of thiazole rings is 1. The van der Waals surface area contributed by atoms with Crippen LogP contribution in [0.2, 0.25) is 0 Å². The largest absolute Gasteiger partial charge is 0.497 e. The van der Waals surface area contributed by atoms with Crippen molar-refractivity contribution in [1.82, 2.24) is 15.0 Å². The monoisotopic (exact) mass is 407 g/mol. The van der Waals surface area contributed by atoms with E-state index in [4.69, 9.17) is 9.47 Å². The Balaban J connectivity index is 1.52. The third kappa shape index (κ3) is 3.88. The quantitative estimate of drug-likeness (QED) is 0.503. The number of nitrogens with zero attached hydrogens (tertiary/aromatic N) is 2. The summed E-state index contributed by atoms with van der Waals surface area (Å²) >= 11 is 1.35. The van der Waals surface area contributed by atoms with Crippen LogP contribution in [0.25, 0.3) is 21.5 Å². The molecule has 7 nitrogen and oxygen atoms in total. The summed E-state index contributed by atoms with van der Waals surface area (Å²) in [6.45, 7) is 1.65. The third-order valence-corrected chi connectivity index (χ3v) is 5.24. The van der Waals surface area contributed by atoms with Gasteiger partial charge in [-0.3, -0.25) is 4.79 Å². The van der Waals surface area contributed by atoms with Gasteiger partial charge >= 0.3 is 5.97 Å².